The molecule has 0 aliphatic rings. The van der Waals surface area contributed by atoms with E-state index >= 15 is 0 Å². The fraction of sp³-hybridized carbons (Fsp3) is 0.211. The summed E-state index contributed by atoms with van der Waals surface area (Å²) in [5.74, 6) is 0. The first-order chi connectivity index (χ1) is 11.8. The Morgan fingerprint density at radius 2 is 1.96 bits per heavy atom. The standard InChI is InChI=1S/C19H16BrN3O2/c1-19(2,3)25-18(24)23-16(20)15(14-9-6-10-22-17(14)23)13-8-5-4-7-12(13)11-21/h4-10H,1-3H3. The van der Waals surface area contributed by atoms with Crippen LogP contribution in [-0.4, -0.2) is 21.2 Å². The van der Waals surface area contributed by atoms with Crippen molar-refractivity contribution in [3.05, 3.63) is 52.8 Å². The molecule has 0 saturated carbocycles. The Kier molecular flexibility index (Phi) is 4.36. The van der Waals surface area contributed by atoms with Crippen LogP contribution in [0.25, 0.3) is 22.2 Å². The molecule has 3 aromatic rings. The van der Waals surface area contributed by atoms with Gasteiger partial charge < -0.3 is 4.74 Å². The van der Waals surface area contributed by atoms with Crippen LogP contribution in [0.2, 0.25) is 0 Å². The highest BCUT2D eigenvalue weighted by molar-refractivity contribution is 9.10. The third-order valence-corrected chi connectivity index (χ3v) is 4.31. The van der Waals surface area contributed by atoms with Crippen molar-refractivity contribution in [2.75, 3.05) is 0 Å². The molecule has 0 saturated heterocycles. The number of rotatable bonds is 1. The maximum Gasteiger partial charge on any atom is 0.421 e. The van der Waals surface area contributed by atoms with Crippen LogP contribution in [0.5, 0.6) is 0 Å². The van der Waals surface area contributed by atoms with Gasteiger partial charge in [0, 0.05) is 22.7 Å². The molecule has 0 amide bonds. The van der Waals surface area contributed by atoms with E-state index < -0.39 is 11.7 Å². The number of pyridine rings is 1. The highest BCUT2D eigenvalue weighted by atomic mass is 79.9. The van der Waals surface area contributed by atoms with Crippen LogP contribution in [0, 0.1) is 11.3 Å². The van der Waals surface area contributed by atoms with Gasteiger partial charge in [0.05, 0.1) is 11.6 Å². The molecule has 2 aromatic heterocycles. The Morgan fingerprint density at radius 3 is 2.64 bits per heavy atom. The zero-order chi connectivity index (χ0) is 18.2. The van der Waals surface area contributed by atoms with Gasteiger partial charge >= 0.3 is 6.09 Å². The third-order valence-electron chi connectivity index (χ3n) is 3.56. The lowest BCUT2D eigenvalue weighted by Crippen LogP contribution is -2.27. The molecule has 0 aliphatic carbocycles. The molecule has 1 aromatic carbocycles. The number of fused-ring (bicyclic) bond motifs is 1. The van der Waals surface area contributed by atoms with E-state index in [4.69, 9.17) is 4.74 Å². The van der Waals surface area contributed by atoms with Gasteiger partial charge in [-0.2, -0.15) is 5.26 Å². The Labute approximate surface area is 154 Å². The van der Waals surface area contributed by atoms with E-state index in [0.717, 1.165) is 16.5 Å². The molecule has 0 atom stereocenters. The summed E-state index contributed by atoms with van der Waals surface area (Å²) >= 11 is 3.52. The van der Waals surface area contributed by atoms with Crippen LogP contribution in [-0.2, 0) is 4.74 Å². The van der Waals surface area contributed by atoms with Crippen molar-refractivity contribution < 1.29 is 9.53 Å². The molecule has 0 unspecified atom stereocenters. The molecule has 0 fully saturated rings. The average molecular weight is 398 g/mol. The lowest BCUT2D eigenvalue weighted by molar-refractivity contribution is 0.0540. The summed E-state index contributed by atoms with van der Waals surface area (Å²) in [7, 11) is 0. The Hall–Kier alpha value is -2.65. The fourth-order valence-electron chi connectivity index (χ4n) is 2.62. The molecular formula is C19H16BrN3O2. The quantitative estimate of drug-likeness (QED) is 0.571. The number of hydrogen-bond donors (Lipinski definition) is 0. The van der Waals surface area contributed by atoms with Crippen LogP contribution >= 0.6 is 15.9 Å². The largest absolute Gasteiger partial charge is 0.443 e. The molecule has 2 heterocycles. The number of benzene rings is 1. The van der Waals surface area contributed by atoms with Crippen LogP contribution in [0.1, 0.15) is 26.3 Å². The third kappa shape index (κ3) is 3.15. The van der Waals surface area contributed by atoms with Crippen LogP contribution in [0.4, 0.5) is 4.79 Å². The van der Waals surface area contributed by atoms with Gasteiger partial charge in [-0.3, -0.25) is 0 Å². The van der Waals surface area contributed by atoms with Gasteiger partial charge in [-0.05, 0) is 54.9 Å². The molecule has 3 rings (SSSR count). The smallest absolute Gasteiger partial charge is 0.421 e. The lowest BCUT2D eigenvalue weighted by Gasteiger charge is -2.20. The number of nitrogens with zero attached hydrogens (tertiary/aromatic N) is 3. The average Bonchev–Trinajstić information content (AvgIpc) is 2.85. The number of halogens is 1. The summed E-state index contributed by atoms with van der Waals surface area (Å²) in [5, 5.41) is 10.2. The first kappa shape index (κ1) is 17.2. The molecule has 126 valence electrons. The molecule has 0 radical (unpaired) electrons. The Balaban J connectivity index is 2.31. The van der Waals surface area contributed by atoms with E-state index in [1.807, 2.05) is 39.0 Å². The number of hydrogen-bond acceptors (Lipinski definition) is 4. The normalized spacial score (nSPS) is 11.3. The number of nitriles is 1. The van der Waals surface area contributed by atoms with Gasteiger partial charge in [0.25, 0.3) is 0 Å². The second-order valence-corrected chi connectivity index (χ2v) is 7.26. The van der Waals surface area contributed by atoms with Gasteiger partial charge in [0.2, 0.25) is 0 Å². The number of aromatic nitrogens is 2. The van der Waals surface area contributed by atoms with Crippen molar-refractivity contribution in [3.8, 4) is 17.2 Å². The molecule has 5 nitrogen and oxygen atoms in total. The molecule has 0 N–H and O–H groups in total. The van der Waals surface area contributed by atoms with E-state index in [-0.39, 0.29) is 0 Å². The zero-order valence-corrected chi connectivity index (χ0v) is 15.7. The Bertz CT molecular complexity index is 1010. The minimum absolute atomic E-state index is 0.478. The van der Waals surface area contributed by atoms with E-state index in [0.29, 0.717) is 15.8 Å². The summed E-state index contributed by atoms with van der Waals surface area (Å²) in [5.41, 5.74) is 1.84. The van der Waals surface area contributed by atoms with Crippen molar-refractivity contribution in [2.45, 2.75) is 26.4 Å². The number of carbonyl (C=O) groups is 1. The summed E-state index contributed by atoms with van der Waals surface area (Å²) in [6, 6.07) is 13.1. The van der Waals surface area contributed by atoms with Crippen molar-refractivity contribution in [2.24, 2.45) is 0 Å². The predicted molar refractivity (Wildman–Crippen MR) is 99.2 cm³/mol. The summed E-state index contributed by atoms with van der Waals surface area (Å²) < 4.78 is 7.41. The van der Waals surface area contributed by atoms with Gasteiger partial charge in [0.1, 0.15) is 10.2 Å². The monoisotopic (exact) mass is 397 g/mol. The zero-order valence-electron chi connectivity index (χ0n) is 14.1. The summed E-state index contributed by atoms with van der Waals surface area (Å²) in [6.45, 7) is 5.43. The number of carbonyl (C=O) groups excluding carboxylic acids is 1. The highest BCUT2D eigenvalue weighted by Crippen LogP contribution is 2.39. The van der Waals surface area contributed by atoms with Crippen molar-refractivity contribution in [1.82, 2.24) is 9.55 Å². The SMILES string of the molecule is CC(C)(C)OC(=O)n1c(Br)c(-c2ccccc2C#N)c2cccnc21. The molecule has 0 bridgehead atoms. The van der Waals surface area contributed by atoms with E-state index in [1.54, 1.807) is 24.4 Å². The van der Waals surface area contributed by atoms with Crippen molar-refractivity contribution in [3.63, 3.8) is 0 Å². The maximum absolute atomic E-state index is 12.7. The molecule has 0 spiro atoms. The fourth-order valence-corrected chi connectivity index (χ4v) is 3.36. The second kappa shape index (κ2) is 6.34. The molecule has 0 aliphatic heterocycles. The van der Waals surface area contributed by atoms with Crippen LogP contribution < -0.4 is 0 Å². The van der Waals surface area contributed by atoms with Crippen molar-refractivity contribution in [1.29, 1.82) is 5.26 Å². The predicted octanol–water partition coefficient (Wildman–Crippen LogP) is 5.12. The van der Waals surface area contributed by atoms with E-state index in [9.17, 15) is 10.1 Å². The van der Waals surface area contributed by atoms with Crippen LogP contribution in [0.15, 0.2) is 47.2 Å². The first-order valence-electron chi connectivity index (χ1n) is 7.71. The number of ether oxygens (including phenoxy) is 1. The lowest BCUT2D eigenvalue weighted by atomic mass is 10.0. The van der Waals surface area contributed by atoms with E-state index in [1.165, 1.54) is 4.57 Å². The minimum atomic E-state index is -0.632. The van der Waals surface area contributed by atoms with Crippen LogP contribution in [0.3, 0.4) is 0 Å². The van der Waals surface area contributed by atoms with Crippen molar-refractivity contribution >= 4 is 33.1 Å². The minimum Gasteiger partial charge on any atom is -0.443 e. The highest BCUT2D eigenvalue weighted by Gasteiger charge is 2.26. The van der Waals surface area contributed by atoms with Gasteiger partial charge in [0.15, 0.2) is 5.65 Å². The van der Waals surface area contributed by atoms with Gasteiger partial charge in [-0.25, -0.2) is 14.3 Å². The molecular weight excluding hydrogens is 382 g/mol. The second-order valence-electron chi connectivity index (χ2n) is 6.51. The first-order valence-corrected chi connectivity index (χ1v) is 8.50. The summed E-state index contributed by atoms with van der Waals surface area (Å²) in [4.78, 5) is 17.0. The molecule has 25 heavy (non-hydrogen) atoms. The Morgan fingerprint density at radius 1 is 1.24 bits per heavy atom. The summed E-state index contributed by atoms with van der Waals surface area (Å²) in [6.07, 6.45) is 1.10. The maximum atomic E-state index is 12.7. The topological polar surface area (TPSA) is 67.9 Å². The van der Waals surface area contributed by atoms with Gasteiger partial charge in [-0.15, -0.1) is 0 Å². The van der Waals surface area contributed by atoms with Gasteiger partial charge in [-0.1, -0.05) is 18.2 Å². The molecule has 6 heteroatoms. The van der Waals surface area contributed by atoms with E-state index in [2.05, 4.69) is 27.0 Å².